The van der Waals surface area contributed by atoms with Gasteiger partial charge in [-0.05, 0) is 31.2 Å². The van der Waals surface area contributed by atoms with Gasteiger partial charge in [0, 0.05) is 0 Å². The molecule has 3 rings (SSSR count). The Bertz CT molecular complexity index is 682. The summed E-state index contributed by atoms with van der Waals surface area (Å²) < 4.78 is 37.1. The van der Waals surface area contributed by atoms with Crippen molar-refractivity contribution in [1.29, 1.82) is 0 Å². The Morgan fingerprint density at radius 3 is 2.03 bits per heavy atom. The summed E-state index contributed by atoms with van der Waals surface area (Å²) in [7, 11) is 0. The molecular weight excluding hydrogens is 400 g/mol. The molecule has 0 radical (unpaired) electrons. The van der Waals surface area contributed by atoms with Crippen LogP contribution in [0.3, 0.4) is 0 Å². The summed E-state index contributed by atoms with van der Waals surface area (Å²) in [5.41, 5.74) is 1.02. The number of ether oxygens (including phenoxy) is 6. The minimum Gasteiger partial charge on any atom is -0.388 e. The van der Waals surface area contributed by atoms with Gasteiger partial charge in [-0.1, -0.05) is 58.0 Å². The van der Waals surface area contributed by atoms with Crippen molar-refractivity contribution in [3.8, 4) is 0 Å². The highest BCUT2D eigenvalue weighted by molar-refractivity contribution is 5.13. The molecular formula is C24H38O7. The van der Waals surface area contributed by atoms with Crippen LogP contribution in [0.2, 0.25) is 0 Å². The van der Waals surface area contributed by atoms with Gasteiger partial charge < -0.3 is 33.5 Å². The van der Waals surface area contributed by atoms with Gasteiger partial charge in [-0.2, -0.15) is 0 Å². The van der Waals surface area contributed by atoms with Crippen molar-refractivity contribution < 1.29 is 33.5 Å². The van der Waals surface area contributed by atoms with Crippen molar-refractivity contribution in [2.75, 3.05) is 19.8 Å². The molecule has 7 nitrogen and oxygen atoms in total. The maximum absolute atomic E-state index is 10.6. The van der Waals surface area contributed by atoms with Gasteiger partial charge >= 0.3 is 0 Å². The molecule has 2 aliphatic rings. The van der Waals surface area contributed by atoms with E-state index in [4.69, 9.17) is 28.4 Å². The van der Waals surface area contributed by atoms with Gasteiger partial charge in [0.25, 0.3) is 0 Å². The largest absolute Gasteiger partial charge is 0.388 e. The van der Waals surface area contributed by atoms with E-state index in [1.165, 1.54) is 0 Å². The van der Waals surface area contributed by atoms with Gasteiger partial charge in [-0.15, -0.1) is 0 Å². The number of benzene rings is 1. The third-order valence-corrected chi connectivity index (χ3v) is 5.59. The van der Waals surface area contributed by atoms with E-state index in [0.29, 0.717) is 31.7 Å². The maximum atomic E-state index is 10.6. The number of aliphatic hydroxyl groups is 1. The fraction of sp³-hybridized carbons (Fsp3) is 0.750. The molecule has 0 aromatic heterocycles. The van der Waals surface area contributed by atoms with Crippen LogP contribution in [0.25, 0.3) is 0 Å². The number of fused-ring (bicyclic) bond motifs is 1. The predicted octanol–water partition coefficient (Wildman–Crippen LogP) is 3.48. The van der Waals surface area contributed by atoms with E-state index in [1.54, 1.807) is 0 Å². The lowest BCUT2D eigenvalue weighted by atomic mass is 9.98. The van der Waals surface area contributed by atoms with Crippen molar-refractivity contribution in [2.24, 2.45) is 11.8 Å². The lowest BCUT2D eigenvalue weighted by molar-refractivity contribution is -0.487. The summed E-state index contributed by atoms with van der Waals surface area (Å²) in [5.74, 6) is -1.81. The second-order valence-corrected chi connectivity index (χ2v) is 9.53. The zero-order chi connectivity index (χ0) is 22.6. The Morgan fingerprint density at radius 1 is 0.935 bits per heavy atom. The zero-order valence-corrected chi connectivity index (χ0v) is 19.6. The lowest BCUT2D eigenvalue weighted by Gasteiger charge is -2.56. The van der Waals surface area contributed by atoms with Gasteiger partial charge in [-0.3, -0.25) is 0 Å². The molecule has 2 saturated heterocycles. The maximum Gasteiger partial charge on any atom is 0.221 e. The monoisotopic (exact) mass is 438 g/mol. The van der Waals surface area contributed by atoms with Crippen LogP contribution < -0.4 is 0 Å². The van der Waals surface area contributed by atoms with Crippen molar-refractivity contribution in [3.63, 3.8) is 0 Å². The van der Waals surface area contributed by atoms with Gasteiger partial charge in [-0.25, -0.2) is 0 Å². The molecule has 2 aliphatic heterocycles. The molecule has 0 unspecified atom stereocenters. The molecule has 2 fully saturated rings. The van der Waals surface area contributed by atoms with Crippen LogP contribution in [0.1, 0.15) is 47.1 Å². The lowest BCUT2D eigenvalue weighted by Crippen LogP contribution is -2.72. The van der Waals surface area contributed by atoms with E-state index in [0.717, 1.165) is 5.56 Å². The van der Waals surface area contributed by atoms with E-state index in [9.17, 15) is 5.11 Å². The standard InChI is InChI=1S/C24H38O7/c1-16(2)12-28-23(5)24(6,29-13-17(3)4)31-21-20(30-23)19(25)15-27-22(21)26-14-18-10-8-7-9-11-18/h7-11,16-17,19-22,25H,12-15H2,1-6H3/t19-,20-,21+,22-,23+,24+/m0/s1. The average molecular weight is 439 g/mol. The second-order valence-electron chi connectivity index (χ2n) is 9.53. The minimum atomic E-state index is -1.21. The summed E-state index contributed by atoms with van der Waals surface area (Å²) in [6.07, 6.45) is -2.90. The molecule has 1 aromatic rings. The van der Waals surface area contributed by atoms with Crippen molar-refractivity contribution in [1.82, 2.24) is 0 Å². The molecule has 0 aliphatic carbocycles. The molecule has 31 heavy (non-hydrogen) atoms. The number of hydrogen-bond donors (Lipinski definition) is 1. The van der Waals surface area contributed by atoms with Crippen LogP contribution in [0.5, 0.6) is 0 Å². The summed E-state index contributed by atoms with van der Waals surface area (Å²) in [4.78, 5) is 0. The predicted molar refractivity (Wildman–Crippen MR) is 115 cm³/mol. The Hall–Kier alpha value is -1.06. The van der Waals surface area contributed by atoms with Crippen LogP contribution in [0, 0.1) is 11.8 Å². The van der Waals surface area contributed by atoms with Crippen molar-refractivity contribution in [3.05, 3.63) is 35.9 Å². The van der Waals surface area contributed by atoms with E-state index >= 15 is 0 Å². The Kier molecular flexibility index (Phi) is 8.13. The van der Waals surface area contributed by atoms with Gasteiger partial charge in [0.05, 0.1) is 26.4 Å². The summed E-state index contributed by atoms with van der Waals surface area (Å²) in [6, 6.07) is 9.85. The molecule has 2 heterocycles. The third-order valence-electron chi connectivity index (χ3n) is 5.59. The molecule has 0 saturated carbocycles. The topological polar surface area (TPSA) is 75.6 Å². The van der Waals surface area contributed by atoms with Gasteiger partial charge in [0.1, 0.15) is 18.3 Å². The highest BCUT2D eigenvalue weighted by Gasteiger charge is 2.61. The highest BCUT2D eigenvalue weighted by Crippen LogP contribution is 2.44. The van der Waals surface area contributed by atoms with Crippen LogP contribution in [-0.2, 0) is 35.0 Å². The zero-order valence-electron chi connectivity index (χ0n) is 19.6. The number of aliphatic hydroxyl groups excluding tert-OH is 1. The molecule has 0 bridgehead atoms. The first-order chi connectivity index (χ1) is 14.6. The smallest absolute Gasteiger partial charge is 0.221 e. The van der Waals surface area contributed by atoms with Crippen molar-refractivity contribution >= 4 is 0 Å². The minimum absolute atomic E-state index is 0.0911. The first-order valence-corrected chi connectivity index (χ1v) is 11.2. The van der Waals surface area contributed by atoms with Crippen LogP contribution in [0.4, 0.5) is 0 Å². The van der Waals surface area contributed by atoms with E-state index in [2.05, 4.69) is 27.7 Å². The second kappa shape index (κ2) is 10.3. The van der Waals surface area contributed by atoms with E-state index in [1.807, 2.05) is 44.2 Å². The Labute approximate surface area is 185 Å². The molecule has 1 N–H and O–H groups in total. The first kappa shape index (κ1) is 24.6. The van der Waals surface area contributed by atoms with Crippen LogP contribution >= 0.6 is 0 Å². The van der Waals surface area contributed by atoms with E-state index in [-0.39, 0.29) is 6.61 Å². The SMILES string of the molecule is CC(C)CO[C@]1(C)O[C@@H]2[C@@H](O[C@@]1(C)OCC(C)C)[C@@H](OCc1ccccc1)OC[C@@H]2O. The summed E-state index contributed by atoms with van der Waals surface area (Å²) in [6.45, 7) is 13.3. The number of hydrogen-bond acceptors (Lipinski definition) is 7. The Balaban J connectivity index is 1.80. The summed E-state index contributed by atoms with van der Waals surface area (Å²) in [5, 5.41) is 10.6. The highest BCUT2D eigenvalue weighted by atomic mass is 16.8. The number of rotatable bonds is 9. The average Bonchev–Trinajstić information content (AvgIpc) is 2.73. The Morgan fingerprint density at radius 2 is 1.48 bits per heavy atom. The summed E-state index contributed by atoms with van der Waals surface area (Å²) >= 11 is 0. The fourth-order valence-electron chi connectivity index (χ4n) is 3.64. The molecule has 1 aromatic carbocycles. The third kappa shape index (κ3) is 5.85. The van der Waals surface area contributed by atoms with Gasteiger partial charge in [0.2, 0.25) is 11.6 Å². The normalized spacial score (nSPS) is 36.0. The fourth-order valence-corrected chi connectivity index (χ4v) is 3.64. The quantitative estimate of drug-likeness (QED) is 0.633. The molecule has 6 atom stereocenters. The van der Waals surface area contributed by atoms with E-state index < -0.39 is 36.2 Å². The van der Waals surface area contributed by atoms with Crippen LogP contribution in [0.15, 0.2) is 30.3 Å². The van der Waals surface area contributed by atoms with Crippen molar-refractivity contribution in [2.45, 2.75) is 84.3 Å². The molecule has 0 spiro atoms. The first-order valence-electron chi connectivity index (χ1n) is 11.2. The van der Waals surface area contributed by atoms with Crippen LogP contribution in [-0.4, -0.2) is 61.1 Å². The van der Waals surface area contributed by atoms with Gasteiger partial charge in [0.15, 0.2) is 6.29 Å². The molecule has 7 heteroatoms. The molecule has 176 valence electrons. The molecule has 0 amide bonds.